The normalized spacial score (nSPS) is 11.6. The number of amides is 1. The fourth-order valence-corrected chi connectivity index (χ4v) is 2.86. The Bertz CT molecular complexity index is 1120. The number of alkyl halides is 3. The Labute approximate surface area is 166 Å². The summed E-state index contributed by atoms with van der Waals surface area (Å²) in [6.07, 6.45) is -5.24. The third kappa shape index (κ3) is 3.82. The highest BCUT2D eigenvalue weighted by Gasteiger charge is 2.38. The van der Waals surface area contributed by atoms with E-state index in [2.05, 4.69) is 5.10 Å². The van der Waals surface area contributed by atoms with E-state index in [4.69, 9.17) is 5.73 Å². The molecule has 0 aliphatic rings. The zero-order chi connectivity index (χ0) is 22.4. The predicted octanol–water partition coefficient (Wildman–Crippen LogP) is 4.38. The van der Waals surface area contributed by atoms with Crippen LogP contribution in [0.25, 0.3) is 11.3 Å². The number of hydrogen-bond donors (Lipinski definition) is 1. The molecular formula is C19H14F6N4O. The maximum absolute atomic E-state index is 13.8. The monoisotopic (exact) mass is 428 g/mol. The molecule has 0 saturated heterocycles. The van der Waals surface area contributed by atoms with Gasteiger partial charge >= 0.3 is 6.18 Å². The second-order valence-corrected chi connectivity index (χ2v) is 6.42. The highest BCUT2D eigenvalue weighted by molar-refractivity contribution is 6.05. The molecule has 3 aromatic rings. The van der Waals surface area contributed by atoms with Gasteiger partial charge < -0.3 is 5.73 Å². The molecule has 158 valence electrons. The highest BCUT2D eigenvalue weighted by atomic mass is 19.4. The van der Waals surface area contributed by atoms with Crippen LogP contribution in [0.3, 0.4) is 0 Å². The molecular weight excluding hydrogens is 414 g/mol. The van der Waals surface area contributed by atoms with Crippen molar-refractivity contribution in [1.82, 2.24) is 9.78 Å². The van der Waals surface area contributed by atoms with Crippen molar-refractivity contribution >= 4 is 17.4 Å². The minimum absolute atomic E-state index is 0.0615. The summed E-state index contributed by atoms with van der Waals surface area (Å²) in [5.41, 5.74) is 3.30. The lowest BCUT2D eigenvalue weighted by Crippen LogP contribution is -2.28. The average Bonchev–Trinajstić information content (AvgIpc) is 3.02. The number of aromatic nitrogens is 2. The van der Waals surface area contributed by atoms with Gasteiger partial charge in [-0.1, -0.05) is 6.07 Å². The number of rotatable bonds is 3. The standard InChI is InChI=1S/C19H14F6N4O/c1-28(18(30)10-6-12(21)17(13(22)7-10)19(23,24)25)16-8-15(27-29(16)2)9-3-4-14(26)11(20)5-9/h3-8H,26H2,1-2H3. The maximum atomic E-state index is 13.8. The molecule has 2 N–H and O–H groups in total. The number of carbonyl (C=O) groups excluding carboxylic acids is 1. The van der Waals surface area contributed by atoms with Gasteiger partial charge in [-0.05, 0) is 24.3 Å². The van der Waals surface area contributed by atoms with Crippen LogP contribution >= 0.6 is 0 Å². The molecule has 5 nitrogen and oxygen atoms in total. The van der Waals surface area contributed by atoms with Crippen LogP contribution in [0.1, 0.15) is 15.9 Å². The minimum atomic E-state index is -5.24. The predicted molar refractivity (Wildman–Crippen MR) is 97.1 cm³/mol. The molecule has 0 aliphatic carbocycles. The van der Waals surface area contributed by atoms with Gasteiger partial charge in [0.05, 0.1) is 11.4 Å². The van der Waals surface area contributed by atoms with E-state index >= 15 is 0 Å². The van der Waals surface area contributed by atoms with Crippen molar-refractivity contribution in [2.75, 3.05) is 17.7 Å². The summed E-state index contributed by atoms with van der Waals surface area (Å²) in [6, 6.07) is 6.02. The molecule has 0 fully saturated rings. The van der Waals surface area contributed by atoms with Crippen molar-refractivity contribution in [2.45, 2.75) is 6.18 Å². The molecule has 0 atom stereocenters. The van der Waals surface area contributed by atoms with E-state index in [1.165, 1.54) is 37.0 Å². The zero-order valence-electron chi connectivity index (χ0n) is 15.6. The van der Waals surface area contributed by atoms with E-state index < -0.39 is 40.7 Å². The van der Waals surface area contributed by atoms with Crippen molar-refractivity contribution in [3.05, 3.63) is 65.0 Å². The van der Waals surface area contributed by atoms with E-state index in [1.54, 1.807) is 0 Å². The van der Waals surface area contributed by atoms with Gasteiger partial charge in [0, 0.05) is 31.3 Å². The zero-order valence-corrected chi connectivity index (χ0v) is 15.6. The lowest BCUT2D eigenvalue weighted by molar-refractivity contribution is -0.142. The molecule has 0 unspecified atom stereocenters. The van der Waals surface area contributed by atoms with Crippen LogP contribution in [-0.2, 0) is 13.2 Å². The Balaban J connectivity index is 1.95. The molecule has 0 saturated carbocycles. The number of aryl methyl sites for hydroxylation is 1. The summed E-state index contributed by atoms with van der Waals surface area (Å²) >= 11 is 0. The van der Waals surface area contributed by atoms with Gasteiger partial charge in [0.25, 0.3) is 5.91 Å². The Morgan fingerprint density at radius 1 is 1.03 bits per heavy atom. The van der Waals surface area contributed by atoms with E-state index in [1.807, 2.05) is 0 Å². The molecule has 11 heteroatoms. The Kier molecular flexibility index (Phi) is 5.23. The highest BCUT2D eigenvalue weighted by Crippen LogP contribution is 2.34. The summed E-state index contributed by atoms with van der Waals surface area (Å²) in [5.74, 6) is -5.29. The van der Waals surface area contributed by atoms with Gasteiger partial charge in [-0.2, -0.15) is 18.3 Å². The topological polar surface area (TPSA) is 64.2 Å². The first-order chi connectivity index (χ1) is 13.9. The molecule has 0 spiro atoms. The maximum Gasteiger partial charge on any atom is 0.422 e. The van der Waals surface area contributed by atoms with E-state index in [0.29, 0.717) is 17.7 Å². The second kappa shape index (κ2) is 7.39. The van der Waals surface area contributed by atoms with Crippen LogP contribution in [0.15, 0.2) is 36.4 Å². The number of carbonyl (C=O) groups is 1. The Morgan fingerprint density at radius 2 is 1.63 bits per heavy atom. The molecule has 0 radical (unpaired) electrons. The molecule has 30 heavy (non-hydrogen) atoms. The van der Waals surface area contributed by atoms with Gasteiger partial charge in [0.15, 0.2) is 0 Å². The molecule has 0 aliphatic heterocycles. The molecule has 2 aromatic carbocycles. The van der Waals surface area contributed by atoms with Crippen molar-refractivity contribution in [3.63, 3.8) is 0 Å². The van der Waals surface area contributed by atoms with Crippen LogP contribution in [0.5, 0.6) is 0 Å². The summed E-state index contributed by atoms with van der Waals surface area (Å²) in [5, 5.41) is 4.15. The van der Waals surface area contributed by atoms with Crippen molar-refractivity contribution in [1.29, 1.82) is 0 Å². The van der Waals surface area contributed by atoms with Crippen LogP contribution in [0.2, 0.25) is 0 Å². The largest absolute Gasteiger partial charge is 0.422 e. The SMILES string of the molecule is CN(C(=O)c1cc(F)c(C(F)(F)F)c(F)c1)c1cc(-c2ccc(N)c(F)c2)nn1C. The minimum Gasteiger partial charge on any atom is -0.396 e. The van der Waals surface area contributed by atoms with Crippen LogP contribution < -0.4 is 10.6 Å². The number of halogens is 6. The number of anilines is 2. The van der Waals surface area contributed by atoms with E-state index in [9.17, 15) is 31.1 Å². The fraction of sp³-hybridized carbons (Fsp3) is 0.158. The van der Waals surface area contributed by atoms with Gasteiger partial charge in [-0.3, -0.25) is 14.4 Å². The number of benzene rings is 2. The number of hydrogen-bond acceptors (Lipinski definition) is 3. The summed E-state index contributed by atoms with van der Waals surface area (Å²) in [7, 11) is 2.71. The third-order valence-electron chi connectivity index (χ3n) is 4.37. The van der Waals surface area contributed by atoms with Crippen LogP contribution in [0, 0.1) is 17.5 Å². The van der Waals surface area contributed by atoms with E-state index in [-0.39, 0.29) is 17.2 Å². The molecule has 3 rings (SSSR count). The fourth-order valence-electron chi connectivity index (χ4n) is 2.86. The number of nitrogens with zero attached hydrogens (tertiary/aromatic N) is 3. The van der Waals surface area contributed by atoms with Gasteiger partial charge in [0.1, 0.15) is 28.8 Å². The lowest BCUT2D eigenvalue weighted by Gasteiger charge is -2.18. The summed E-state index contributed by atoms with van der Waals surface area (Å²) in [4.78, 5) is 13.6. The molecule has 0 bridgehead atoms. The Morgan fingerprint density at radius 3 is 2.17 bits per heavy atom. The molecule has 1 amide bonds. The van der Waals surface area contributed by atoms with Crippen molar-refractivity contribution < 1.29 is 31.1 Å². The first kappa shape index (κ1) is 21.2. The Hall–Kier alpha value is -3.50. The average molecular weight is 428 g/mol. The first-order valence-corrected chi connectivity index (χ1v) is 8.34. The number of nitrogen functional groups attached to an aromatic ring is 1. The molecule has 1 heterocycles. The number of nitrogens with two attached hydrogens (primary N) is 1. The first-order valence-electron chi connectivity index (χ1n) is 8.34. The lowest BCUT2D eigenvalue weighted by atomic mass is 10.1. The quantitative estimate of drug-likeness (QED) is 0.498. The smallest absolute Gasteiger partial charge is 0.396 e. The van der Waals surface area contributed by atoms with Crippen molar-refractivity contribution in [2.24, 2.45) is 7.05 Å². The summed E-state index contributed by atoms with van der Waals surface area (Å²) < 4.78 is 80.7. The van der Waals surface area contributed by atoms with Gasteiger partial charge in [-0.15, -0.1) is 0 Å². The van der Waals surface area contributed by atoms with Crippen molar-refractivity contribution in [3.8, 4) is 11.3 Å². The van der Waals surface area contributed by atoms with Gasteiger partial charge in [-0.25, -0.2) is 13.2 Å². The molecule has 1 aromatic heterocycles. The van der Waals surface area contributed by atoms with Crippen LogP contribution in [0.4, 0.5) is 37.8 Å². The second-order valence-electron chi connectivity index (χ2n) is 6.42. The van der Waals surface area contributed by atoms with E-state index in [0.717, 1.165) is 11.0 Å². The van der Waals surface area contributed by atoms with Gasteiger partial charge in [0.2, 0.25) is 0 Å². The summed E-state index contributed by atoms with van der Waals surface area (Å²) in [6.45, 7) is 0. The van der Waals surface area contributed by atoms with Crippen LogP contribution in [-0.4, -0.2) is 22.7 Å². The third-order valence-corrected chi connectivity index (χ3v) is 4.37.